The number of hydrogen-bond donors (Lipinski definition) is 2. The van der Waals surface area contributed by atoms with Gasteiger partial charge in [0.15, 0.2) is 6.23 Å². The smallest absolute Gasteiger partial charge is 0.330 e. The van der Waals surface area contributed by atoms with Crippen molar-refractivity contribution >= 4 is 27.5 Å². The highest BCUT2D eigenvalue weighted by Gasteiger charge is 2.46. The summed E-state index contributed by atoms with van der Waals surface area (Å²) in [6, 6.07) is 1.22. The number of aliphatic hydroxyl groups excluding tert-OH is 1. The highest BCUT2D eigenvalue weighted by Crippen LogP contribution is 2.40. The lowest BCUT2D eigenvalue weighted by Gasteiger charge is -2.25. The second-order valence-corrected chi connectivity index (χ2v) is 15.5. The molecule has 2 saturated heterocycles. The molecule has 3 rings (SSSR count). The average molecular weight is 686 g/mol. The Balaban J connectivity index is 1.41. The summed E-state index contributed by atoms with van der Waals surface area (Å²) >= 11 is 0. The van der Waals surface area contributed by atoms with Gasteiger partial charge in [-0.05, 0) is 25.7 Å². The highest BCUT2D eigenvalue weighted by atomic mass is 33.1. The SMILES string of the molecule is CCCCCCCCCCCCCCCCN(OC[C@H]1O[C@@H](n2ccc(=O)[nH]c2=O)[C@@H](OC)C1O)C(=O)CCCC[C@@H]1CCSS1. The molecule has 0 aliphatic carbocycles. The van der Waals surface area contributed by atoms with Crippen LogP contribution in [0.25, 0.3) is 0 Å². The van der Waals surface area contributed by atoms with Crippen molar-refractivity contribution in [3.05, 3.63) is 33.1 Å². The summed E-state index contributed by atoms with van der Waals surface area (Å²) in [7, 11) is 5.34. The number of nitrogens with zero attached hydrogens (tertiary/aromatic N) is 2. The number of H-pyrrole nitrogens is 1. The van der Waals surface area contributed by atoms with E-state index in [1.165, 1.54) is 112 Å². The number of unbranched alkanes of at least 4 members (excludes halogenated alkanes) is 14. The van der Waals surface area contributed by atoms with Crippen LogP contribution in [0.15, 0.2) is 21.9 Å². The van der Waals surface area contributed by atoms with Crippen LogP contribution in [0.2, 0.25) is 0 Å². The first kappa shape index (κ1) is 39.1. The standard InChI is InChI=1S/C34H59N3O7S2/c1-3-4-5-6-7-8-9-10-11-12-13-14-15-18-23-37(30(39)20-17-16-19-27-22-25-45-46-27)43-26-28-31(40)32(42-2)33(44-28)36-24-21-29(38)35-34(36)41/h21,24,27-28,31-33,40H,3-20,22-23,25-26H2,1-2H3,(H,35,38,41)/t27-,28-,31?,32+,33-/m1/s1. The molecule has 264 valence electrons. The van der Waals surface area contributed by atoms with E-state index in [-0.39, 0.29) is 12.5 Å². The number of aromatic nitrogens is 2. The minimum absolute atomic E-state index is 0.0488. The highest BCUT2D eigenvalue weighted by molar-refractivity contribution is 8.77. The van der Waals surface area contributed by atoms with Gasteiger partial charge in [0.1, 0.15) is 24.9 Å². The summed E-state index contributed by atoms with van der Waals surface area (Å²) in [5.41, 5.74) is -1.18. The number of methoxy groups -OCH3 is 1. The van der Waals surface area contributed by atoms with Crippen molar-refractivity contribution in [1.82, 2.24) is 14.6 Å². The maximum absolute atomic E-state index is 13.3. The van der Waals surface area contributed by atoms with Gasteiger partial charge in [0.25, 0.3) is 5.56 Å². The molecule has 1 aromatic rings. The molecule has 1 aromatic heterocycles. The molecule has 2 fully saturated rings. The fraction of sp³-hybridized carbons (Fsp3) is 0.853. The summed E-state index contributed by atoms with van der Waals surface area (Å²) in [4.78, 5) is 45.4. The van der Waals surface area contributed by atoms with Gasteiger partial charge in [0.05, 0.1) is 0 Å². The first-order valence-electron chi connectivity index (χ1n) is 17.8. The van der Waals surface area contributed by atoms with E-state index in [9.17, 15) is 19.5 Å². The van der Waals surface area contributed by atoms with Gasteiger partial charge in [0.2, 0.25) is 5.91 Å². The molecule has 2 aliphatic heterocycles. The number of aromatic amines is 1. The topological polar surface area (TPSA) is 123 Å². The molecule has 1 amide bonds. The molecule has 0 saturated carbocycles. The van der Waals surface area contributed by atoms with Crippen molar-refractivity contribution < 1.29 is 24.2 Å². The maximum Gasteiger partial charge on any atom is 0.330 e. The fourth-order valence-electron chi connectivity index (χ4n) is 6.17. The zero-order valence-corrected chi connectivity index (χ0v) is 29.8. The molecule has 12 heteroatoms. The van der Waals surface area contributed by atoms with Crippen LogP contribution in [-0.4, -0.2) is 75.2 Å². The lowest BCUT2D eigenvalue weighted by Crippen LogP contribution is -2.40. The van der Waals surface area contributed by atoms with Crippen LogP contribution in [0.4, 0.5) is 0 Å². The van der Waals surface area contributed by atoms with Gasteiger partial charge in [-0.1, -0.05) is 118 Å². The molecular weight excluding hydrogens is 627 g/mol. The molecule has 46 heavy (non-hydrogen) atoms. The minimum Gasteiger partial charge on any atom is -0.387 e. The van der Waals surface area contributed by atoms with E-state index in [0.29, 0.717) is 18.2 Å². The summed E-state index contributed by atoms with van der Waals surface area (Å²) in [5, 5.41) is 13.1. The predicted molar refractivity (Wildman–Crippen MR) is 187 cm³/mol. The Morgan fingerprint density at radius 2 is 1.65 bits per heavy atom. The van der Waals surface area contributed by atoms with E-state index in [0.717, 1.165) is 38.5 Å². The number of nitrogens with one attached hydrogen (secondary N) is 1. The van der Waals surface area contributed by atoms with E-state index in [1.807, 2.05) is 21.6 Å². The first-order chi connectivity index (χ1) is 22.4. The Hall–Kier alpha value is -1.31. The molecule has 0 spiro atoms. The maximum atomic E-state index is 13.3. The van der Waals surface area contributed by atoms with Crippen molar-refractivity contribution in [2.75, 3.05) is 26.0 Å². The average Bonchev–Trinajstić information content (AvgIpc) is 3.68. The van der Waals surface area contributed by atoms with E-state index in [2.05, 4.69) is 11.9 Å². The van der Waals surface area contributed by atoms with Crippen LogP contribution in [-0.2, 0) is 19.1 Å². The van der Waals surface area contributed by atoms with Crippen LogP contribution >= 0.6 is 21.6 Å². The van der Waals surface area contributed by atoms with Gasteiger partial charge in [0, 0.05) is 43.3 Å². The molecule has 1 unspecified atom stereocenters. The lowest BCUT2D eigenvalue weighted by molar-refractivity contribution is -0.203. The molecule has 0 aromatic carbocycles. The van der Waals surface area contributed by atoms with Crippen molar-refractivity contribution in [2.45, 2.75) is 159 Å². The number of amides is 1. The molecule has 10 nitrogen and oxygen atoms in total. The summed E-state index contributed by atoms with van der Waals surface area (Å²) < 4.78 is 12.6. The molecular formula is C34H59N3O7S2. The number of hydroxylamine groups is 2. The Morgan fingerprint density at radius 3 is 2.24 bits per heavy atom. The van der Waals surface area contributed by atoms with Gasteiger partial charge in [-0.15, -0.1) is 0 Å². The number of carbonyl (C=O) groups excluding carboxylic acids is 1. The van der Waals surface area contributed by atoms with E-state index in [1.54, 1.807) is 0 Å². The Morgan fingerprint density at radius 1 is 1.00 bits per heavy atom. The second-order valence-electron chi connectivity index (χ2n) is 12.7. The van der Waals surface area contributed by atoms with Gasteiger partial charge in [-0.25, -0.2) is 9.86 Å². The number of hydrogen-bond acceptors (Lipinski definition) is 9. The van der Waals surface area contributed by atoms with Gasteiger partial charge >= 0.3 is 5.69 Å². The second kappa shape index (κ2) is 23.1. The van der Waals surface area contributed by atoms with Crippen LogP contribution in [0.1, 0.15) is 135 Å². The third kappa shape index (κ3) is 14.0. The Kier molecular flexibility index (Phi) is 19.7. The molecule has 0 bridgehead atoms. The van der Waals surface area contributed by atoms with Crippen molar-refractivity contribution in [3.8, 4) is 0 Å². The van der Waals surface area contributed by atoms with Crippen LogP contribution < -0.4 is 11.2 Å². The van der Waals surface area contributed by atoms with Crippen molar-refractivity contribution in [3.63, 3.8) is 0 Å². The van der Waals surface area contributed by atoms with Gasteiger partial charge < -0.3 is 14.6 Å². The molecule has 2 N–H and O–H groups in total. The Labute approximate surface area is 283 Å². The summed E-state index contributed by atoms with van der Waals surface area (Å²) in [5.74, 6) is 1.17. The van der Waals surface area contributed by atoms with Crippen LogP contribution in [0.5, 0.6) is 0 Å². The quantitative estimate of drug-likeness (QED) is 0.0653. The number of carbonyl (C=O) groups is 1. The summed E-state index contributed by atoms with van der Waals surface area (Å²) in [6.07, 6.45) is 20.0. The number of rotatable bonds is 25. The normalized spacial score (nSPS) is 22.9. The van der Waals surface area contributed by atoms with Crippen molar-refractivity contribution in [1.29, 1.82) is 0 Å². The summed E-state index contributed by atoms with van der Waals surface area (Å²) in [6.45, 7) is 2.69. The van der Waals surface area contributed by atoms with Crippen LogP contribution in [0.3, 0.4) is 0 Å². The molecule has 3 heterocycles. The zero-order valence-electron chi connectivity index (χ0n) is 28.2. The van der Waals surface area contributed by atoms with Gasteiger partial charge in [-0.2, -0.15) is 0 Å². The largest absolute Gasteiger partial charge is 0.387 e. The molecule has 2 aliphatic rings. The van der Waals surface area contributed by atoms with E-state index in [4.69, 9.17) is 14.3 Å². The predicted octanol–water partition coefficient (Wildman–Crippen LogP) is 6.77. The van der Waals surface area contributed by atoms with Crippen LogP contribution in [0, 0.1) is 0 Å². The molecule has 0 radical (unpaired) electrons. The number of aliphatic hydroxyl groups is 1. The third-order valence-corrected chi connectivity index (χ3v) is 12.0. The van der Waals surface area contributed by atoms with Gasteiger partial charge in [-0.3, -0.25) is 24.0 Å². The Bertz CT molecular complexity index is 1080. The fourth-order valence-corrected chi connectivity index (χ4v) is 9.20. The zero-order chi connectivity index (χ0) is 33.0. The van der Waals surface area contributed by atoms with E-state index < -0.39 is 35.8 Å². The third-order valence-electron chi connectivity index (χ3n) is 8.99. The molecule has 5 atom stereocenters. The van der Waals surface area contributed by atoms with E-state index >= 15 is 0 Å². The van der Waals surface area contributed by atoms with Crippen molar-refractivity contribution in [2.24, 2.45) is 0 Å². The number of ether oxygens (including phenoxy) is 2. The lowest BCUT2D eigenvalue weighted by atomic mass is 10.0. The minimum atomic E-state index is -1.09. The monoisotopic (exact) mass is 685 g/mol. The first-order valence-corrected chi connectivity index (χ1v) is 20.2.